The molecule has 0 aromatic carbocycles. The summed E-state index contributed by atoms with van der Waals surface area (Å²) in [5.41, 5.74) is 1.33. The highest BCUT2D eigenvalue weighted by molar-refractivity contribution is 5.93. The number of nitrogens with zero attached hydrogens (tertiary/aromatic N) is 2. The summed E-state index contributed by atoms with van der Waals surface area (Å²) in [5.74, 6) is 0.765. The molecule has 20 heavy (non-hydrogen) atoms. The molecule has 106 valence electrons. The second-order valence-electron chi connectivity index (χ2n) is 5.20. The Kier molecular flexibility index (Phi) is 4.50. The minimum absolute atomic E-state index is 0.0766. The molecule has 1 amide bonds. The lowest BCUT2D eigenvalue weighted by Gasteiger charge is -2.20. The van der Waals surface area contributed by atoms with Crippen molar-refractivity contribution in [1.29, 1.82) is 0 Å². The van der Waals surface area contributed by atoms with Gasteiger partial charge in [0.05, 0.1) is 6.04 Å². The van der Waals surface area contributed by atoms with E-state index in [-0.39, 0.29) is 11.9 Å². The van der Waals surface area contributed by atoms with Crippen molar-refractivity contribution in [2.75, 3.05) is 0 Å². The third-order valence-corrected chi connectivity index (χ3v) is 3.06. The van der Waals surface area contributed by atoms with Crippen LogP contribution in [-0.2, 0) is 0 Å². The lowest BCUT2D eigenvalue weighted by atomic mass is 9.98. The largest absolute Gasteiger partial charge is 0.448 e. The Morgan fingerprint density at radius 2 is 2.25 bits per heavy atom. The summed E-state index contributed by atoms with van der Waals surface area (Å²) in [6.07, 6.45) is 5.63. The molecule has 0 aliphatic heterocycles. The van der Waals surface area contributed by atoms with Crippen molar-refractivity contribution >= 4 is 5.91 Å². The van der Waals surface area contributed by atoms with Gasteiger partial charge in [-0.05, 0) is 30.9 Å². The van der Waals surface area contributed by atoms with Crippen molar-refractivity contribution in [3.8, 4) is 0 Å². The number of hydrogen-bond donors (Lipinski definition) is 1. The molecule has 2 heterocycles. The van der Waals surface area contributed by atoms with Crippen molar-refractivity contribution in [2.24, 2.45) is 5.92 Å². The summed E-state index contributed by atoms with van der Waals surface area (Å²) in [5, 5.41) is 3.01. The number of hydrogen-bond acceptors (Lipinski definition) is 4. The number of carbonyl (C=O) groups is 1. The van der Waals surface area contributed by atoms with Crippen LogP contribution in [0.3, 0.4) is 0 Å². The Hall–Kier alpha value is -2.17. The van der Waals surface area contributed by atoms with E-state index in [2.05, 4.69) is 29.1 Å². The molecule has 5 heteroatoms. The first-order valence-corrected chi connectivity index (χ1v) is 6.68. The van der Waals surface area contributed by atoms with E-state index in [4.69, 9.17) is 4.42 Å². The van der Waals surface area contributed by atoms with Gasteiger partial charge in [-0.3, -0.25) is 9.78 Å². The Morgan fingerprint density at radius 3 is 2.80 bits per heavy atom. The average Bonchev–Trinajstić information content (AvgIpc) is 2.85. The van der Waals surface area contributed by atoms with Crippen LogP contribution in [0.15, 0.2) is 35.3 Å². The van der Waals surface area contributed by atoms with Gasteiger partial charge in [0.15, 0.2) is 12.1 Å². The lowest BCUT2D eigenvalue weighted by molar-refractivity contribution is 0.0926. The maximum atomic E-state index is 12.2. The molecule has 0 aliphatic rings. The normalized spacial score (nSPS) is 12.4. The Labute approximate surface area is 118 Å². The molecule has 0 spiro atoms. The summed E-state index contributed by atoms with van der Waals surface area (Å²) in [6.45, 7) is 5.97. The lowest BCUT2D eigenvalue weighted by Crippen LogP contribution is -2.30. The van der Waals surface area contributed by atoms with Crippen LogP contribution in [0.2, 0.25) is 0 Å². The summed E-state index contributed by atoms with van der Waals surface area (Å²) >= 11 is 0. The van der Waals surface area contributed by atoms with Crippen molar-refractivity contribution in [1.82, 2.24) is 15.3 Å². The van der Waals surface area contributed by atoms with Crippen molar-refractivity contribution in [2.45, 2.75) is 33.2 Å². The fraction of sp³-hybridized carbons (Fsp3) is 0.400. The van der Waals surface area contributed by atoms with E-state index in [1.165, 1.54) is 6.39 Å². The number of pyridine rings is 1. The van der Waals surface area contributed by atoms with Crippen molar-refractivity contribution in [3.63, 3.8) is 0 Å². The second kappa shape index (κ2) is 6.32. The molecule has 5 nitrogen and oxygen atoms in total. The van der Waals surface area contributed by atoms with Crippen LogP contribution < -0.4 is 5.32 Å². The minimum Gasteiger partial charge on any atom is -0.448 e. The predicted octanol–water partition coefficient (Wildman–Crippen LogP) is 2.90. The van der Waals surface area contributed by atoms with Gasteiger partial charge < -0.3 is 9.73 Å². The third-order valence-electron chi connectivity index (χ3n) is 3.06. The molecule has 0 saturated carbocycles. The maximum absolute atomic E-state index is 12.2. The van der Waals surface area contributed by atoms with Crippen molar-refractivity contribution in [3.05, 3.63) is 47.9 Å². The SMILES string of the molecule is Cc1ocnc1C(=O)NC(CC(C)C)c1cccnc1. The second-order valence-corrected chi connectivity index (χ2v) is 5.20. The quantitative estimate of drug-likeness (QED) is 0.909. The smallest absolute Gasteiger partial charge is 0.274 e. The summed E-state index contributed by atoms with van der Waals surface area (Å²) < 4.78 is 5.07. The monoisotopic (exact) mass is 273 g/mol. The Balaban J connectivity index is 2.16. The van der Waals surface area contributed by atoms with E-state index in [0.717, 1.165) is 12.0 Å². The van der Waals surface area contributed by atoms with Gasteiger partial charge in [0.2, 0.25) is 0 Å². The van der Waals surface area contributed by atoms with Crippen LogP contribution in [0.25, 0.3) is 0 Å². The number of amides is 1. The van der Waals surface area contributed by atoms with E-state index in [9.17, 15) is 4.79 Å². The van der Waals surface area contributed by atoms with E-state index < -0.39 is 0 Å². The van der Waals surface area contributed by atoms with Crippen LogP contribution in [0.5, 0.6) is 0 Å². The summed E-state index contributed by atoms with van der Waals surface area (Å²) in [6, 6.07) is 3.76. The minimum atomic E-state index is -0.217. The zero-order chi connectivity index (χ0) is 14.5. The average molecular weight is 273 g/mol. The molecule has 2 aromatic heterocycles. The zero-order valence-electron chi connectivity index (χ0n) is 12.0. The van der Waals surface area contributed by atoms with E-state index >= 15 is 0 Å². The number of rotatable bonds is 5. The van der Waals surface area contributed by atoms with Crippen LogP contribution in [0.4, 0.5) is 0 Å². The fourth-order valence-corrected chi connectivity index (χ4v) is 2.08. The molecule has 0 saturated heterocycles. The first-order chi connectivity index (χ1) is 9.58. The first-order valence-electron chi connectivity index (χ1n) is 6.68. The molecule has 2 aromatic rings. The Morgan fingerprint density at radius 1 is 1.45 bits per heavy atom. The molecule has 2 rings (SSSR count). The van der Waals surface area contributed by atoms with Crippen LogP contribution in [0, 0.1) is 12.8 Å². The van der Waals surface area contributed by atoms with Gasteiger partial charge in [-0.15, -0.1) is 0 Å². The molecule has 1 N–H and O–H groups in total. The van der Waals surface area contributed by atoms with Gasteiger partial charge in [-0.25, -0.2) is 4.98 Å². The van der Waals surface area contributed by atoms with E-state index in [1.807, 2.05) is 12.1 Å². The molecular formula is C15H19N3O2. The molecular weight excluding hydrogens is 254 g/mol. The van der Waals surface area contributed by atoms with Gasteiger partial charge in [-0.2, -0.15) is 0 Å². The zero-order valence-corrected chi connectivity index (χ0v) is 12.0. The number of aromatic nitrogens is 2. The molecule has 1 unspecified atom stereocenters. The van der Waals surface area contributed by atoms with Gasteiger partial charge in [-0.1, -0.05) is 19.9 Å². The van der Waals surface area contributed by atoms with Gasteiger partial charge in [0, 0.05) is 12.4 Å². The van der Waals surface area contributed by atoms with Crippen molar-refractivity contribution < 1.29 is 9.21 Å². The standard InChI is InChI=1S/C15H19N3O2/c1-10(2)7-13(12-5-4-6-16-8-12)18-15(19)14-11(3)20-9-17-14/h4-6,8-10,13H,7H2,1-3H3,(H,18,19). The van der Waals surface area contributed by atoms with Gasteiger partial charge in [0.1, 0.15) is 5.76 Å². The molecule has 0 aliphatic carbocycles. The summed E-state index contributed by atoms with van der Waals surface area (Å²) in [4.78, 5) is 20.3. The van der Waals surface area contributed by atoms with Gasteiger partial charge in [0.25, 0.3) is 5.91 Å². The topological polar surface area (TPSA) is 68.0 Å². The number of carbonyl (C=O) groups excluding carboxylic acids is 1. The summed E-state index contributed by atoms with van der Waals surface area (Å²) in [7, 11) is 0. The number of aryl methyl sites for hydroxylation is 1. The van der Waals surface area contributed by atoms with Gasteiger partial charge >= 0.3 is 0 Å². The predicted molar refractivity (Wildman–Crippen MR) is 75.1 cm³/mol. The fourth-order valence-electron chi connectivity index (χ4n) is 2.08. The molecule has 1 atom stereocenters. The number of nitrogens with one attached hydrogen (secondary N) is 1. The maximum Gasteiger partial charge on any atom is 0.274 e. The van der Waals surface area contributed by atoms with Crippen LogP contribution in [-0.4, -0.2) is 15.9 Å². The van der Waals surface area contributed by atoms with Crippen LogP contribution >= 0.6 is 0 Å². The highest BCUT2D eigenvalue weighted by Crippen LogP contribution is 2.21. The first kappa shape index (κ1) is 14.2. The highest BCUT2D eigenvalue weighted by atomic mass is 16.3. The molecule has 0 radical (unpaired) electrons. The Bertz CT molecular complexity index is 564. The third kappa shape index (κ3) is 3.44. The highest BCUT2D eigenvalue weighted by Gasteiger charge is 2.20. The van der Waals surface area contributed by atoms with E-state index in [1.54, 1.807) is 19.3 Å². The molecule has 0 bridgehead atoms. The van der Waals surface area contributed by atoms with Crippen LogP contribution in [0.1, 0.15) is 48.1 Å². The van der Waals surface area contributed by atoms with E-state index in [0.29, 0.717) is 17.4 Å². The number of oxazole rings is 1. The molecule has 0 fully saturated rings.